The van der Waals surface area contributed by atoms with Gasteiger partial charge in [-0.05, 0) is 55.3 Å². The second-order valence-electron chi connectivity index (χ2n) is 6.20. The van der Waals surface area contributed by atoms with E-state index >= 15 is 0 Å². The van der Waals surface area contributed by atoms with Gasteiger partial charge in [-0.25, -0.2) is 0 Å². The zero-order valence-electron chi connectivity index (χ0n) is 12.4. The maximum absolute atomic E-state index is 6.23. The highest BCUT2D eigenvalue weighted by molar-refractivity contribution is 6.30. The molecule has 0 spiro atoms. The molecule has 21 heavy (non-hydrogen) atoms. The van der Waals surface area contributed by atoms with Crippen LogP contribution in [0.15, 0.2) is 42.5 Å². The standard InChI is InChI=1S/C18H19ClN2/c1-12-18-16-6-4-3-5-13(16)9-14-10-15(19)7-8-17(14)21(18)11-20(12)2/h3-8,10,12,18H,9,11H2,1-2H3. The van der Waals surface area contributed by atoms with Gasteiger partial charge in [-0.3, -0.25) is 4.90 Å². The van der Waals surface area contributed by atoms with E-state index in [1.165, 1.54) is 22.4 Å². The molecule has 0 amide bonds. The quantitative estimate of drug-likeness (QED) is 0.723. The van der Waals surface area contributed by atoms with Crippen molar-refractivity contribution < 1.29 is 0 Å². The number of likely N-dealkylation sites (N-methyl/N-ethyl adjacent to an activating group) is 1. The molecule has 2 aromatic rings. The molecule has 2 aromatic carbocycles. The molecule has 3 heteroatoms. The van der Waals surface area contributed by atoms with Gasteiger partial charge in [0.15, 0.2) is 0 Å². The van der Waals surface area contributed by atoms with Crippen LogP contribution in [0.1, 0.15) is 29.7 Å². The zero-order chi connectivity index (χ0) is 14.6. The van der Waals surface area contributed by atoms with E-state index in [-0.39, 0.29) is 0 Å². The van der Waals surface area contributed by atoms with Gasteiger partial charge < -0.3 is 4.90 Å². The van der Waals surface area contributed by atoms with Crippen LogP contribution in [0.5, 0.6) is 0 Å². The number of halogens is 1. The summed E-state index contributed by atoms with van der Waals surface area (Å²) in [4.78, 5) is 4.95. The lowest BCUT2D eigenvalue weighted by Crippen LogP contribution is -2.26. The van der Waals surface area contributed by atoms with Gasteiger partial charge >= 0.3 is 0 Å². The predicted octanol–water partition coefficient (Wildman–Crippen LogP) is 4.08. The molecule has 2 unspecified atom stereocenters. The molecular weight excluding hydrogens is 280 g/mol. The maximum Gasteiger partial charge on any atom is 0.0715 e. The first kappa shape index (κ1) is 13.2. The number of nitrogens with zero attached hydrogens (tertiary/aromatic N) is 2. The van der Waals surface area contributed by atoms with Crippen molar-refractivity contribution in [3.8, 4) is 0 Å². The van der Waals surface area contributed by atoms with E-state index in [0.29, 0.717) is 12.1 Å². The van der Waals surface area contributed by atoms with E-state index in [1.54, 1.807) is 0 Å². The van der Waals surface area contributed by atoms with Crippen LogP contribution >= 0.6 is 11.6 Å². The van der Waals surface area contributed by atoms with E-state index in [1.807, 2.05) is 6.07 Å². The molecule has 2 nitrogen and oxygen atoms in total. The Bertz CT molecular complexity index is 697. The molecule has 2 heterocycles. The van der Waals surface area contributed by atoms with Gasteiger partial charge in [-0.1, -0.05) is 35.9 Å². The van der Waals surface area contributed by atoms with Gasteiger partial charge in [0.25, 0.3) is 0 Å². The van der Waals surface area contributed by atoms with E-state index in [0.717, 1.165) is 18.1 Å². The van der Waals surface area contributed by atoms with Crippen molar-refractivity contribution in [3.05, 3.63) is 64.2 Å². The predicted molar refractivity (Wildman–Crippen MR) is 88.0 cm³/mol. The lowest BCUT2D eigenvalue weighted by atomic mass is 9.94. The largest absolute Gasteiger partial charge is 0.350 e. The van der Waals surface area contributed by atoms with Crippen LogP contribution in [0.4, 0.5) is 5.69 Å². The Morgan fingerprint density at radius 1 is 1.10 bits per heavy atom. The van der Waals surface area contributed by atoms with Gasteiger partial charge in [-0.15, -0.1) is 0 Å². The van der Waals surface area contributed by atoms with Gasteiger partial charge in [-0.2, -0.15) is 0 Å². The summed E-state index contributed by atoms with van der Waals surface area (Å²) in [6.45, 7) is 3.29. The summed E-state index contributed by atoms with van der Waals surface area (Å²) in [5.41, 5.74) is 5.55. The number of rotatable bonds is 0. The molecule has 0 saturated carbocycles. The van der Waals surface area contributed by atoms with Crippen molar-refractivity contribution in [2.24, 2.45) is 0 Å². The Hall–Kier alpha value is -1.51. The first-order valence-corrected chi connectivity index (χ1v) is 7.86. The molecule has 108 valence electrons. The lowest BCUT2D eigenvalue weighted by Gasteiger charge is -2.28. The molecule has 4 rings (SSSR count). The average Bonchev–Trinajstić information content (AvgIpc) is 2.68. The van der Waals surface area contributed by atoms with Crippen LogP contribution in [-0.2, 0) is 6.42 Å². The molecule has 1 fully saturated rings. The number of hydrogen-bond donors (Lipinski definition) is 0. The number of fused-ring (bicyclic) bond motifs is 5. The van der Waals surface area contributed by atoms with Crippen molar-refractivity contribution >= 4 is 17.3 Å². The smallest absolute Gasteiger partial charge is 0.0715 e. The van der Waals surface area contributed by atoms with Crippen LogP contribution in [0, 0.1) is 0 Å². The lowest BCUT2D eigenvalue weighted by molar-refractivity contribution is 0.317. The summed E-state index contributed by atoms with van der Waals surface area (Å²) < 4.78 is 0. The molecule has 0 bridgehead atoms. The van der Waals surface area contributed by atoms with Crippen molar-refractivity contribution in [2.75, 3.05) is 18.6 Å². The second-order valence-corrected chi connectivity index (χ2v) is 6.64. The first-order chi connectivity index (χ1) is 10.1. The van der Waals surface area contributed by atoms with Crippen molar-refractivity contribution in [1.82, 2.24) is 4.90 Å². The van der Waals surface area contributed by atoms with Crippen LogP contribution in [-0.4, -0.2) is 24.7 Å². The minimum absolute atomic E-state index is 0.425. The molecule has 2 aliphatic heterocycles. The molecule has 1 saturated heterocycles. The molecule has 2 aliphatic rings. The molecule has 0 aliphatic carbocycles. The van der Waals surface area contributed by atoms with Gasteiger partial charge in [0.05, 0.1) is 12.7 Å². The average molecular weight is 299 g/mol. The fourth-order valence-electron chi connectivity index (χ4n) is 3.78. The number of benzene rings is 2. The summed E-state index contributed by atoms with van der Waals surface area (Å²) in [7, 11) is 2.21. The highest BCUT2D eigenvalue weighted by atomic mass is 35.5. The highest BCUT2D eigenvalue weighted by Gasteiger charge is 2.39. The third-order valence-corrected chi connectivity index (χ3v) is 5.20. The fourth-order valence-corrected chi connectivity index (χ4v) is 3.97. The van der Waals surface area contributed by atoms with E-state index < -0.39 is 0 Å². The van der Waals surface area contributed by atoms with Gasteiger partial charge in [0.2, 0.25) is 0 Å². The number of hydrogen-bond acceptors (Lipinski definition) is 2. The Labute approximate surface area is 130 Å². The van der Waals surface area contributed by atoms with E-state index in [9.17, 15) is 0 Å². The summed E-state index contributed by atoms with van der Waals surface area (Å²) in [6, 6.07) is 16.1. The topological polar surface area (TPSA) is 6.48 Å². The minimum Gasteiger partial charge on any atom is -0.350 e. The third kappa shape index (κ3) is 1.97. The third-order valence-electron chi connectivity index (χ3n) is 4.97. The molecule has 0 radical (unpaired) electrons. The fraction of sp³-hybridized carbons (Fsp3) is 0.333. The van der Waals surface area contributed by atoms with Gasteiger partial charge in [0.1, 0.15) is 0 Å². The zero-order valence-corrected chi connectivity index (χ0v) is 13.1. The molecule has 0 aromatic heterocycles. The summed E-state index contributed by atoms with van der Waals surface area (Å²) in [5.74, 6) is 0. The van der Waals surface area contributed by atoms with Crippen LogP contribution < -0.4 is 4.90 Å². The minimum atomic E-state index is 0.425. The van der Waals surface area contributed by atoms with Crippen molar-refractivity contribution in [1.29, 1.82) is 0 Å². The Balaban J connectivity index is 1.95. The maximum atomic E-state index is 6.23. The summed E-state index contributed by atoms with van der Waals surface area (Å²) in [6.07, 6.45) is 0.968. The molecule has 2 atom stereocenters. The van der Waals surface area contributed by atoms with Crippen molar-refractivity contribution in [3.63, 3.8) is 0 Å². The van der Waals surface area contributed by atoms with Crippen LogP contribution in [0.2, 0.25) is 5.02 Å². The normalized spacial score (nSPS) is 24.2. The van der Waals surface area contributed by atoms with E-state index in [2.05, 4.69) is 60.2 Å². The first-order valence-electron chi connectivity index (χ1n) is 7.48. The Morgan fingerprint density at radius 3 is 2.76 bits per heavy atom. The van der Waals surface area contributed by atoms with Crippen LogP contribution in [0.25, 0.3) is 0 Å². The molecular formula is C18H19ClN2. The Kier molecular flexibility index (Phi) is 2.98. The van der Waals surface area contributed by atoms with E-state index in [4.69, 9.17) is 11.6 Å². The van der Waals surface area contributed by atoms with Crippen LogP contribution in [0.3, 0.4) is 0 Å². The molecule has 0 N–H and O–H groups in total. The summed E-state index contributed by atoms with van der Waals surface area (Å²) >= 11 is 6.23. The second kappa shape index (κ2) is 4.75. The van der Waals surface area contributed by atoms with Crippen molar-refractivity contribution in [2.45, 2.75) is 25.4 Å². The Morgan fingerprint density at radius 2 is 1.90 bits per heavy atom. The SMILES string of the molecule is CC1C2c3ccccc3Cc3cc(Cl)ccc3N2CN1C. The van der Waals surface area contributed by atoms with Gasteiger partial charge in [0, 0.05) is 16.8 Å². The summed E-state index contributed by atoms with van der Waals surface area (Å²) in [5, 5.41) is 0.824. The number of anilines is 1. The monoisotopic (exact) mass is 298 g/mol. The highest BCUT2D eigenvalue weighted by Crippen LogP contribution is 2.43.